The number of ether oxygens (including phenoxy) is 4. The molecule has 0 aliphatic rings. The second-order valence-electron chi connectivity index (χ2n) is 12.0. The summed E-state index contributed by atoms with van der Waals surface area (Å²) >= 11 is 0.805. The molecule has 1 aromatic heterocycles. The van der Waals surface area contributed by atoms with E-state index in [0.29, 0.717) is 46.4 Å². The number of nitrogens with one attached hydrogen (secondary N) is 2. The number of para-hydroxylation sites is 1. The van der Waals surface area contributed by atoms with Gasteiger partial charge in [0.2, 0.25) is 0 Å². The van der Waals surface area contributed by atoms with Crippen LogP contribution in [0.25, 0.3) is 10.1 Å². The van der Waals surface area contributed by atoms with Gasteiger partial charge in [-0.2, -0.15) is 23.2 Å². The van der Waals surface area contributed by atoms with Gasteiger partial charge >= 0.3 is 13.8 Å². The molecule has 0 aliphatic heterocycles. The summed E-state index contributed by atoms with van der Waals surface area (Å²) in [6.07, 6.45) is -2.65. The third kappa shape index (κ3) is 12.2. The lowest BCUT2D eigenvalue weighted by molar-refractivity contribution is -0.137. The Hall–Kier alpha value is -4.57. The third-order valence-corrected chi connectivity index (χ3v) is 11.9. The van der Waals surface area contributed by atoms with Gasteiger partial charge in [0.15, 0.2) is 23.0 Å². The summed E-state index contributed by atoms with van der Waals surface area (Å²) in [4.78, 5) is 23.5. The highest BCUT2D eigenvalue weighted by atomic mass is 32.2. The smallest absolute Gasteiger partial charge is 0.417 e. The number of halogens is 3. The zero-order valence-corrected chi connectivity index (χ0v) is 33.0. The normalized spacial score (nSPS) is 12.8. The van der Waals surface area contributed by atoms with E-state index >= 15 is 0 Å². The van der Waals surface area contributed by atoms with Gasteiger partial charge in [0.25, 0.3) is 15.9 Å². The molecule has 0 saturated heterocycles. The topological polar surface area (TPSA) is 209 Å². The maximum absolute atomic E-state index is 13.3. The Morgan fingerprint density at radius 1 is 0.946 bits per heavy atom. The summed E-state index contributed by atoms with van der Waals surface area (Å²) in [7, 11) is -9.33. The number of carbonyl (C=O) groups is 1. The Kier molecular flexibility index (Phi) is 15.8. The summed E-state index contributed by atoms with van der Waals surface area (Å²) in [5.74, 6) is 0.200. The van der Waals surface area contributed by atoms with Crippen LogP contribution in [0.15, 0.2) is 58.8 Å². The number of nitrogens with two attached hydrogens (primary N) is 1. The predicted octanol–water partition coefficient (Wildman–Crippen LogP) is 6.80. The molecular weight excluding hydrogens is 801 g/mol. The Balaban J connectivity index is 1.45. The van der Waals surface area contributed by atoms with Crippen molar-refractivity contribution in [3.8, 4) is 34.8 Å². The Morgan fingerprint density at radius 2 is 1.62 bits per heavy atom. The molecule has 1 unspecified atom stereocenters. The molecule has 4 aromatic rings. The minimum Gasteiger partial charge on any atom is -0.490 e. The van der Waals surface area contributed by atoms with E-state index in [1.165, 1.54) is 24.3 Å². The molecule has 1 heterocycles. The Morgan fingerprint density at radius 3 is 2.30 bits per heavy atom. The highest BCUT2D eigenvalue weighted by Crippen LogP contribution is 2.44. The molecule has 0 aliphatic carbocycles. The monoisotopic (exact) mass is 842 g/mol. The fourth-order valence-corrected chi connectivity index (χ4v) is 8.87. The number of fused-ring (bicyclic) bond motifs is 1. The van der Waals surface area contributed by atoms with Gasteiger partial charge in [0, 0.05) is 17.3 Å². The first-order chi connectivity index (χ1) is 26.6. The number of sulfonamides is 1. The van der Waals surface area contributed by atoms with Crippen LogP contribution in [-0.2, 0) is 20.8 Å². The van der Waals surface area contributed by atoms with E-state index < -0.39 is 52.9 Å². The van der Waals surface area contributed by atoms with Crippen molar-refractivity contribution in [1.82, 2.24) is 10.0 Å². The standard InChI is InChI=1S/C36H42F3N4O10PS2/c1-3-5-14-49-29-9-7-8-27(34(29)52-15-6-4-2)35(44)42-13-17-51-30-18-25-19-33(55-32(25)21-31(30)50-16-12-40)56(47,48)43-23-54(45,46)53-26-11-10-24(22-41)28(20-26)36(37,38)39/h7-11,18-21,43H,3-6,12-17,23,40H2,1-2H3,(H,42,44)(H,45,46). The van der Waals surface area contributed by atoms with Crippen molar-refractivity contribution >= 4 is 44.9 Å². The average Bonchev–Trinajstić information content (AvgIpc) is 3.59. The van der Waals surface area contributed by atoms with Crippen LogP contribution in [0.1, 0.15) is 61.0 Å². The first kappa shape index (κ1) is 44.1. The van der Waals surface area contributed by atoms with E-state index in [2.05, 4.69) is 5.32 Å². The van der Waals surface area contributed by atoms with Crippen LogP contribution in [0.4, 0.5) is 13.2 Å². The van der Waals surface area contributed by atoms with Crippen LogP contribution in [0.2, 0.25) is 0 Å². The molecule has 304 valence electrons. The summed E-state index contributed by atoms with van der Waals surface area (Å²) in [6, 6.07) is 12.9. The Labute approximate surface area is 326 Å². The van der Waals surface area contributed by atoms with Crippen LogP contribution in [0.5, 0.6) is 28.7 Å². The predicted molar refractivity (Wildman–Crippen MR) is 203 cm³/mol. The van der Waals surface area contributed by atoms with Gasteiger partial charge in [-0.15, -0.1) is 11.3 Å². The summed E-state index contributed by atoms with van der Waals surface area (Å²) in [5, 5.41) is 12.2. The van der Waals surface area contributed by atoms with Crippen molar-refractivity contribution in [3.63, 3.8) is 0 Å². The second kappa shape index (κ2) is 20.0. The number of alkyl halides is 3. The van der Waals surface area contributed by atoms with E-state index in [1.54, 1.807) is 18.2 Å². The molecule has 4 rings (SSSR count). The molecule has 0 radical (unpaired) electrons. The molecule has 0 saturated carbocycles. The number of thiophene rings is 1. The lowest BCUT2D eigenvalue weighted by Gasteiger charge is -2.17. The second-order valence-corrected chi connectivity index (χ2v) is 16.9. The number of amides is 1. The number of unbranched alkanes of at least 4 members (excludes halogenated alkanes) is 2. The van der Waals surface area contributed by atoms with Crippen molar-refractivity contribution < 1.29 is 59.3 Å². The quantitative estimate of drug-likeness (QED) is 0.0476. The van der Waals surface area contributed by atoms with Crippen molar-refractivity contribution in [3.05, 3.63) is 71.3 Å². The number of hydrogen-bond donors (Lipinski definition) is 4. The fraction of sp³-hybridized carbons (Fsp3) is 0.389. The van der Waals surface area contributed by atoms with Crippen molar-refractivity contribution in [2.24, 2.45) is 5.73 Å². The van der Waals surface area contributed by atoms with Crippen molar-refractivity contribution in [2.75, 3.05) is 45.8 Å². The molecule has 0 spiro atoms. The minimum atomic E-state index is -4.95. The van der Waals surface area contributed by atoms with E-state index in [1.807, 2.05) is 18.6 Å². The molecule has 0 fully saturated rings. The highest BCUT2D eigenvalue weighted by molar-refractivity contribution is 7.92. The molecule has 5 N–H and O–H groups in total. The molecule has 14 nitrogen and oxygen atoms in total. The van der Waals surface area contributed by atoms with E-state index in [9.17, 15) is 35.8 Å². The van der Waals surface area contributed by atoms with E-state index in [-0.39, 0.29) is 42.0 Å². The maximum atomic E-state index is 13.3. The van der Waals surface area contributed by atoms with Gasteiger partial charge in [-0.05, 0) is 60.7 Å². The van der Waals surface area contributed by atoms with Crippen LogP contribution >= 0.6 is 18.9 Å². The molecule has 0 bridgehead atoms. The number of benzene rings is 3. The number of nitrogens with zero attached hydrogens (tertiary/aromatic N) is 1. The SMILES string of the molecule is CCCCOc1cccc(C(=O)NCCOc2cc3cc(S(=O)(=O)NCP(=O)(O)Oc4ccc(C#N)c(C(F)(F)F)c4)sc3cc2OCCN)c1OCCCC. The molecule has 56 heavy (non-hydrogen) atoms. The lowest BCUT2D eigenvalue weighted by Crippen LogP contribution is -2.28. The van der Waals surface area contributed by atoms with E-state index in [0.717, 1.165) is 49.2 Å². The van der Waals surface area contributed by atoms with Gasteiger partial charge in [-0.25, -0.2) is 13.0 Å². The van der Waals surface area contributed by atoms with Crippen LogP contribution in [0, 0.1) is 11.3 Å². The summed E-state index contributed by atoms with van der Waals surface area (Å²) in [5.41, 5.74) is 3.82. The van der Waals surface area contributed by atoms with Crippen LogP contribution < -0.4 is 39.2 Å². The largest absolute Gasteiger partial charge is 0.490 e. The summed E-state index contributed by atoms with van der Waals surface area (Å²) < 4.78 is 110. The first-order valence-corrected chi connectivity index (χ1v) is 21.5. The van der Waals surface area contributed by atoms with Crippen LogP contribution in [-0.4, -0.2) is 65.0 Å². The molecular formula is C36H42F3N4O10PS2. The number of nitriles is 1. The van der Waals surface area contributed by atoms with Crippen molar-refractivity contribution in [1.29, 1.82) is 5.26 Å². The molecule has 1 atom stereocenters. The zero-order chi connectivity index (χ0) is 40.9. The molecule has 1 amide bonds. The van der Waals surface area contributed by atoms with Gasteiger partial charge in [-0.1, -0.05) is 32.8 Å². The fourth-order valence-electron chi connectivity index (χ4n) is 4.92. The number of hydrogen-bond acceptors (Lipinski definition) is 12. The van der Waals surface area contributed by atoms with Gasteiger partial charge < -0.3 is 39.4 Å². The molecule has 20 heteroatoms. The summed E-state index contributed by atoms with van der Waals surface area (Å²) in [6.45, 7) is 5.28. The lowest BCUT2D eigenvalue weighted by atomic mass is 10.1. The van der Waals surface area contributed by atoms with Crippen LogP contribution in [0.3, 0.4) is 0 Å². The van der Waals surface area contributed by atoms with Gasteiger partial charge in [-0.3, -0.25) is 4.79 Å². The number of carbonyl (C=O) groups excluding carboxylic acids is 1. The minimum absolute atomic E-state index is 0.0126. The van der Waals surface area contributed by atoms with E-state index in [4.69, 9.17) is 34.5 Å². The van der Waals surface area contributed by atoms with Gasteiger partial charge in [0.05, 0.1) is 42.5 Å². The zero-order valence-electron chi connectivity index (χ0n) is 30.5. The van der Waals surface area contributed by atoms with Gasteiger partial charge in [0.1, 0.15) is 29.5 Å². The first-order valence-electron chi connectivity index (χ1n) is 17.4. The maximum Gasteiger partial charge on any atom is 0.417 e. The highest BCUT2D eigenvalue weighted by Gasteiger charge is 2.35. The number of rotatable bonds is 22. The Bertz CT molecular complexity index is 2180. The third-order valence-electron chi connectivity index (χ3n) is 7.69. The van der Waals surface area contributed by atoms with Crippen molar-refractivity contribution in [2.45, 2.75) is 49.9 Å². The molecule has 3 aromatic carbocycles. The average molecular weight is 843 g/mol.